The number of nitrogens with one attached hydrogen (secondary N) is 1. The maximum absolute atomic E-state index is 12.2. The highest BCUT2D eigenvalue weighted by atomic mass is 16.1. The third-order valence-electron chi connectivity index (χ3n) is 4.09. The monoisotopic (exact) mass is 307 g/mol. The van der Waals surface area contributed by atoms with Gasteiger partial charge in [-0.3, -0.25) is 4.79 Å². The predicted octanol–water partition coefficient (Wildman–Crippen LogP) is 2.99. The largest absolute Gasteiger partial charge is 0.352 e. The van der Waals surface area contributed by atoms with Crippen LogP contribution in [0.4, 0.5) is 0 Å². The average Bonchev–Trinajstić information content (AvgIpc) is 2.90. The quantitative estimate of drug-likeness (QED) is 0.787. The number of rotatable bonds is 5. The van der Waals surface area contributed by atoms with Crippen molar-refractivity contribution in [2.75, 3.05) is 0 Å². The summed E-state index contributed by atoms with van der Waals surface area (Å²) in [5, 5.41) is 4.03. The molecular formula is C19H21N3O. The summed E-state index contributed by atoms with van der Waals surface area (Å²) in [6.07, 6.45) is 5.15. The molecule has 0 spiro atoms. The summed E-state index contributed by atoms with van der Waals surface area (Å²) in [6.45, 7) is 2.70. The van der Waals surface area contributed by atoms with E-state index >= 15 is 0 Å². The minimum absolute atomic E-state index is 0.0286. The number of aromatic nitrogens is 2. The van der Waals surface area contributed by atoms with Gasteiger partial charge in [-0.2, -0.15) is 0 Å². The van der Waals surface area contributed by atoms with Gasteiger partial charge < -0.3 is 9.88 Å². The van der Waals surface area contributed by atoms with Crippen molar-refractivity contribution >= 4 is 16.9 Å². The number of fused-ring (bicyclic) bond motifs is 1. The number of amides is 1. The van der Waals surface area contributed by atoms with E-state index in [4.69, 9.17) is 0 Å². The lowest BCUT2D eigenvalue weighted by molar-refractivity contribution is -0.120. The molecule has 0 aliphatic rings. The normalized spacial score (nSPS) is 10.9. The Morgan fingerprint density at radius 3 is 2.65 bits per heavy atom. The van der Waals surface area contributed by atoms with Crippen LogP contribution < -0.4 is 5.32 Å². The molecule has 0 saturated heterocycles. The maximum atomic E-state index is 12.2. The van der Waals surface area contributed by atoms with Crippen LogP contribution in [0.2, 0.25) is 0 Å². The Morgan fingerprint density at radius 2 is 1.91 bits per heavy atom. The zero-order chi connectivity index (χ0) is 16.2. The van der Waals surface area contributed by atoms with Gasteiger partial charge in [-0.15, -0.1) is 0 Å². The molecule has 3 aromatic rings. The van der Waals surface area contributed by atoms with Crippen molar-refractivity contribution in [3.05, 3.63) is 65.5 Å². The van der Waals surface area contributed by atoms with Gasteiger partial charge in [0.1, 0.15) is 5.65 Å². The minimum Gasteiger partial charge on any atom is -0.352 e. The molecule has 0 bridgehead atoms. The van der Waals surface area contributed by atoms with Crippen LogP contribution in [0.1, 0.15) is 23.6 Å². The summed E-state index contributed by atoms with van der Waals surface area (Å²) in [5.41, 5.74) is 4.35. The smallest absolute Gasteiger partial charge is 0.224 e. The first kappa shape index (κ1) is 15.3. The number of aryl methyl sites for hydroxylation is 2. The Balaban J connectivity index is 1.64. The molecule has 4 nitrogen and oxygen atoms in total. The first-order valence-corrected chi connectivity index (χ1v) is 7.91. The topological polar surface area (TPSA) is 46.9 Å². The second kappa shape index (κ2) is 6.65. The van der Waals surface area contributed by atoms with Gasteiger partial charge >= 0.3 is 0 Å². The van der Waals surface area contributed by atoms with Crippen LogP contribution in [-0.4, -0.2) is 15.5 Å². The number of benzene rings is 1. The van der Waals surface area contributed by atoms with Gasteiger partial charge in [-0.25, -0.2) is 4.98 Å². The van der Waals surface area contributed by atoms with E-state index in [0.717, 1.165) is 28.6 Å². The minimum atomic E-state index is 0.0286. The molecule has 2 heterocycles. The highest BCUT2D eigenvalue weighted by Gasteiger charge is 2.11. The van der Waals surface area contributed by atoms with Crippen LogP contribution in [0, 0.1) is 0 Å². The number of carbonyl (C=O) groups excluding carboxylic acids is 1. The van der Waals surface area contributed by atoms with Gasteiger partial charge in [-0.05, 0) is 35.2 Å². The highest BCUT2D eigenvalue weighted by molar-refractivity contribution is 5.87. The average molecular weight is 307 g/mol. The Bertz CT molecular complexity index is 818. The standard InChI is InChI=1S/C19H21N3O/c1-3-14-6-8-15(9-7-14)12-21-18(23)11-16-13-22(2)19-17(16)5-4-10-20-19/h4-10,13H,3,11-12H2,1-2H3,(H,21,23). The molecule has 0 fully saturated rings. The van der Waals surface area contributed by atoms with Gasteiger partial charge in [0.25, 0.3) is 0 Å². The van der Waals surface area contributed by atoms with Gasteiger partial charge in [0, 0.05) is 31.4 Å². The van der Waals surface area contributed by atoms with Gasteiger partial charge in [0.2, 0.25) is 5.91 Å². The van der Waals surface area contributed by atoms with Crippen LogP contribution in [0.5, 0.6) is 0 Å². The van der Waals surface area contributed by atoms with Crippen molar-refractivity contribution in [1.29, 1.82) is 0 Å². The first-order valence-electron chi connectivity index (χ1n) is 7.91. The Labute approximate surface area is 136 Å². The zero-order valence-corrected chi connectivity index (χ0v) is 13.5. The van der Waals surface area contributed by atoms with Crippen molar-refractivity contribution in [3.63, 3.8) is 0 Å². The van der Waals surface area contributed by atoms with Crippen LogP contribution in [0.15, 0.2) is 48.8 Å². The van der Waals surface area contributed by atoms with Crippen LogP contribution in [0.3, 0.4) is 0 Å². The molecule has 118 valence electrons. The molecule has 0 aliphatic heterocycles. The second-order valence-electron chi connectivity index (χ2n) is 5.76. The van der Waals surface area contributed by atoms with Crippen molar-refractivity contribution < 1.29 is 4.79 Å². The summed E-state index contributed by atoms with van der Waals surface area (Å²) in [7, 11) is 1.95. The fraction of sp³-hybridized carbons (Fsp3) is 0.263. The van der Waals surface area contributed by atoms with Crippen molar-refractivity contribution in [1.82, 2.24) is 14.9 Å². The predicted molar refractivity (Wildman–Crippen MR) is 92.1 cm³/mol. The number of nitrogens with zero attached hydrogens (tertiary/aromatic N) is 2. The van der Waals surface area contributed by atoms with Crippen LogP contribution >= 0.6 is 0 Å². The van der Waals surface area contributed by atoms with E-state index in [9.17, 15) is 4.79 Å². The van der Waals surface area contributed by atoms with E-state index in [2.05, 4.69) is 41.5 Å². The Kier molecular flexibility index (Phi) is 4.42. The van der Waals surface area contributed by atoms with Gasteiger partial charge in [0.05, 0.1) is 6.42 Å². The van der Waals surface area contributed by atoms with Gasteiger partial charge in [-0.1, -0.05) is 31.2 Å². The molecule has 1 amide bonds. The lowest BCUT2D eigenvalue weighted by Gasteiger charge is -2.06. The molecule has 0 saturated carbocycles. The van der Waals surface area contributed by atoms with E-state index in [1.165, 1.54) is 5.56 Å². The summed E-state index contributed by atoms with van der Waals surface area (Å²) in [5.74, 6) is 0.0286. The fourth-order valence-corrected chi connectivity index (χ4v) is 2.76. The van der Waals surface area contributed by atoms with Crippen LogP contribution in [0.25, 0.3) is 11.0 Å². The molecule has 1 N–H and O–H groups in total. The molecule has 1 aromatic carbocycles. The fourth-order valence-electron chi connectivity index (χ4n) is 2.76. The second-order valence-corrected chi connectivity index (χ2v) is 5.76. The van der Waals surface area contributed by atoms with E-state index in [0.29, 0.717) is 13.0 Å². The molecule has 0 aliphatic carbocycles. The lowest BCUT2D eigenvalue weighted by atomic mass is 10.1. The lowest BCUT2D eigenvalue weighted by Crippen LogP contribution is -2.24. The van der Waals surface area contributed by atoms with E-state index in [-0.39, 0.29) is 5.91 Å². The molecule has 2 aromatic heterocycles. The number of hydrogen-bond acceptors (Lipinski definition) is 2. The molecule has 0 unspecified atom stereocenters. The highest BCUT2D eigenvalue weighted by Crippen LogP contribution is 2.18. The summed E-state index contributed by atoms with van der Waals surface area (Å²) < 4.78 is 1.96. The third kappa shape index (κ3) is 3.42. The van der Waals surface area contributed by atoms with Crippen molar-refractivity contribution in [2.24, 2.45) is 7.05 Å². The summed E-state index contributed by atoms with van der Waals surface area (Å²) in [4.78, 5) is 16.6. The Morgan fingerprint density at radius 1 is 1.17 bits per heavy atom. The number of carbonyl (C=O) groups is 1. The number of pyridine rings is 1. The molecule has 23 heavy (non-hydrogen) atoms. The molecular weight excluding hydrogens is 286 g/mol. The first-order chi connectivity index (χ1) is 11.2. The molecule has 0 atom stereocenters. The van der Waals surface area contributed by atoms with Gasteiger partial charge in [0.15, 0.2) is 0 Å². The molecule has 3 rings (SSSR count). The zero-order valence-electron chi connectivity index (χ0n) is 13.5. The SMILES string of the molecule is CCc1ccc(CNC(=O)Cc2cn(C)c3ncccc23)cc1. The summed E-state index contributed by atoms with van der Waals surface area (Å²) in [6, 6.07) is 12.3. The maximum Gasteiger partial charge on any atom is 0.224 e. The summed E-state index contributed by atoms with van der Waals surface area (Å²) >= 11 is 0. The van der Waals surface area contributed by atoms with Crippen molar-refractivity contribution in [2.45, 2.75) is 26.3 Å². The van der Waals surface area contributed by atoms with E-state index in [1.807, 2.05) is 29.9 Å². The van der Waals surface area contributed by atoms with Crippen molar-refractivity contribution in [3.8, 4) is 0 Å². The van der Waals surface area contributed by atoms with Crippen LogP contribution in [-0.2, 0) is 31.2 Å². The number of hydrogen-bond donors (Lipinski definition) is 1. The van der Waals surface area contributed by atoms with E-state index in [1.54, 1.807) is 6.20 Å². The van der Waals surface area contributed by atoms with E-state index < -0.39 is 0 Å². The molecule has 0 radical (unpaired) electrons. The Hall–Kier alpha value is -2.62. The third-order valence-corrected chi connectivity index (χ3v) is 4.09. The molecule has 4 heteroatoms.